The number of methoxy groups -OCH3 is 2. The summed E-state index contributed by atoms with van der Waals surface area (Å²) < 4.78 is 10.4. The number of ketones is 1. The van der Waals surface area contributed by atoms with Gasteiger partial charge in [0.25, 0.3) is 0 Å². The summed E-state index contributed by atoms with van der Waals surface area (Å²) in [6.45, 7) is 0. The Labute approximate surface area is 107 Å². The molecule has 0 aromatic heterocycles. The molecule has 1 unspecified atom stereocenters. The van der Waals surface area contributed by atoms with Crippen LogP contribution in [-0.2, 0) is 9.53 Å². The lowest BCUT2D eigenvalue weighted by atomic mass is 9.90. The normalized spacial score (nSPS) is 22.2. The maximum absolute atomic E-state index is 11.8. The number of Topliss-reactive ketones (excluding diaryl/α,β-unsaturated/α-hetero) is 1. The van der Waals surface area contributed by atoms with E-state index in [4.69, 9.17) is 9.47 Å². The van der Waals surface area contributed by atoms with E-state index in [1.165, 1.54) is 0 Å². The Kier molecular flexibility index (Phi) is 4.15. The molecule has 2 rings (SSSR count). The molecular formula is C15H18O3. The number of hydrogen-bond acceptors (Lipinski definition) is 3. The third-order valence-electron chi connectivity index (χ3n) is 3.29. The first kappa shape index (κ1) is 12.8. The zero-order chi connectivity index (χ0) is 13.0. The van der Waals surface area contributed by atoms with Gasteiger partial charge in [0.05, 0.1) is 13.2 Å². The van der Waals surface area contributed by atoms with Gasteiger partial charge >= 0.3 is 0 Å². The first-order chi connectivity index (χ1) is 8.72. The van der Waals surface area contributed by atoms with E-state index in [0.29, 0.717) is 12.8 Å². The average Bonchev–Trinajstić information content (AvgIpc) is 2.42. The van der Waals surface area contributed by atoms with Crippen molar-refractivity contribution in [3.63, 3.8) is 0 Å². The Morgan fingerprint density at radius 1 is 1.22 bits per heavy atom. The minimum atomic E-state index is 0.173. The van der Waals surface area contributed by atoms with Gasteiger partial charge in [0.15, 0.2) is 5.78 Å². The smallest absolute Gasteiger partial charge is 0.159 e. The van der Waals surface area contributed by atoms with Crippen LogP contribution >= 0.6 is 0 Å². The van der Waals surface area contributed by atoms with Crippen molar-refractivity contribution in [2.45, 2.75) is 25.4 Å². The number of benzene rings is 1. The number of rotatable bonds is 3. The minimum absolute atomic E-state index is 0.173. The molecular weight excluding hydrogens is 228 g/mol. The highest BCUT2D eigenvalue weighted by Gasteiger charge is 2.22. The molecule has 1 aromatic carbocycles. The molecule has 3 nitrogen and oxygen atoms in total. The third-order valence-corrected chi connectivity index (χ3v) is 3.29. The van der Waals surface area contributed by atoms with E-state index < -0.39 is 0 Å². The van der Waals surface area contributed by atoms with Crippen LogP contribution in [0.1, 0.15) is 24.8 Å². The SMILES string of the molecule is COc1ccc(/C=C2/CC(OC)CCC2=O)cc1. The topological polar surface area (TPSA) is 35.5 Å². The van der Waals surface area contributed by atoms with Crippen molar-refractivity contribution in [2.75, 3.05) is 14.2 Å². The van der Waals surface area contributed by atoms with Crippen LogP contribution in [0.3, 0.4) is 0 Å². The summed E-state index contributed by atoms with van der Waals surface area (Å²) in [6, 6.07) is 7.70. The molecule has 1 saturated carbocycles. The van der Waals surface area contributed by atoms with E-state index in [9.17, 15) is 4.79 Å². The van der Waals surface area contributed by atoms with Crippen LogP contribution in [0, 0.1) is 0 Å². The quantitative estimate of drug-likeness (QED) is 0.769. The van der Waals surface area contributed by atoms with Gasteiger partial charge in [0.2, 0.25) is 0 Å². The standard InChI is InChI=1S/C15H18O3/c1-17-13-5-3-11(4-6-13)9-12-10-14(18-2)7-8-15(12)16/h3-6,9,14H,7-8,10H2,1-2H3/b12-9-. The molecule has 0 bridgehead atoms. The molecule has 0 N–H and O–H groups in total. The first-order valence-corrected chi connectivity index (χ1v) is 6.13. The summed E-state index contributed by atoms with van der Waals surface area (Å²) in [5, 5.41) is 0. The molecule has 1 fully saturated rings. The van der Waals surface area contributed by atoms with Gasteiger partial charge in [-0.15, -0.1) is 0 Å². The van der Waals surface area contributed by atoms with Gasteiger partial charge in [0, 0.05) is 20.0 Å². The fourth-order valence-corrected chi connectivity index (χ4v) is 2.16. The van der Waals surface area contributed by atoms with Gasteiger partial charge < -0.3 is 9.47 Å². The van der Waals surface area contributed by atoms with Crippen molar-refractivity contribution in [2.24, 2.45) is 0 Å². The Balaban J connectivity index is 2.16. The van der Waals surface area contributed by atoms with E-state index >= 15 is 0 Å². The van der Waals surface area contributed by atoms with E-state index in [1.807, 2.05) is 30.3 Å². The van der Waals surface area contributed by atoms with Crippen LogP contribution in [0.2, 0.25) is 0 Å². The van der Waals surface area contributed by atoms with Gasteiger partial charge in [-0.1, -0.05) is 12.1 Å². The number of hydrogen-bond donors (Lipinski definition) is 0. The molecule has 0 aliphatic heterocycles. The molecule has 3 heteroatoms. The minimum Gasteiger partial charge on any atom is -0.497 e. The van der Waals surface area contributed by atoms with Gasteiger partial charge in [0.1, 0.15) is 5.75 Å². The van der Waals surface area contributed by atoms with Crippen LogP contribution in [0.5, 0.6) is 5.75 Å². The average molecular weight is 246 g/mol. The second kappa shape index (κ2) is 5.83. The molecule has 0 radical (unpaired) electrons. The predicted octanol–water partition coefficient (Wildman–Crippen LogP) is 2.85. The fourth-order valence-electron chi connectivity index (χ4n) is 2.16. The molecule has 1 atom stereocenters. The molecule has 0 saturated heterocycles. The number of ether oxygens (including phenoxy) is 2. The lowest BCUT2D eigenvalue weighted by Gasteiger charge is -2.21. The lowest BCUT2D eigenvalue weighted by molar-refractivity contribution is -0.117. The van der Waals surface area contributed by atoms with Crippen LogP contribution in [-0.4, -0.2) is 26.1 Å². The summed E-state index contributed by atoms with van der Waals surface area (Å²) in [5.74, 6) is 1.06. The van der Waals surface area contributed by atoms with Crippen molar-refractivity contribution >= 4 is 11.9 Å². The van der Waals surface area contributed by atoms with Gasteiger partial charge in [-0.05, 0) is 35.8 Å². The molecule has 18 heavy (non-hydrogen) atoms. The first-order valence-electron chi connectivity index (χ1n) is 6.13. The summed E-state index contributed by atoms with van der Waals surface area (Å²) in [7, 11) is 3.34. The van der Waals surface area contributed by atoms with E-state index in [-0.39, 0.29) is 11.9 Å². The number of carbonyl (C=O) groups excluding carboxylic acids is 1. The maximum atomic E-state index is 11.8. The fraction of sp³-hybridized carbons (Fsp3) is 0.400. The summed E-state index contributed by atoms with van der Waals surface area (Å²) in [6.07, 6.45) is 4.25. The van der Waals surface area contributed by atoms with Crippen molar-refractivity contribution in [3.05, 3.63) is 35.4 Å². The van der Waals surface area contributed by atoms with Gasteiger partial charge in [-0.2, -0.15) is 0 Å². The number of carbonyl (C=O) groups is 1. The molecule has 0 heterocycles. The van der Waals surface area contributed by atoms with E-state index in [0.717, 1.165) is 23.3 Å². The van der Waals surface area contributed by atoms with Crippen molar-refractivity contribution in [3.8, 4) is 5.75 Å². The Morgan fingerprint density at radius 3 is 2.56 bits per heavy atom. The molecule has 96 valence electrons. The van der Waals surface area contributed by atoms with Crippen LogP contribution in [0.4, 0.5) is 0 Å². The predicted molar refractivity (Wildman–Crippen MR) is 70.6 cm³/mol. The molecule has 0 amide bonds. The summed E-state index contributed by atoms with van der Waals surface area (Å²) in [5.41, 5.74) is 1.88. The van der Waals surface area contributed by atoms with Crippen LogP contribution in [0.25, 0.3) is 6.08 Å². The van der Waals surface area contributed by atoms with Crippen molar-refractivity contribution in [1.29, 1.82) is 0 Å². The van der Waals surface area contributed by atoms with Gasteiger partial charge in [-0.3, -0.25) is 4.79 Å². The highest BCUT2D eigenvalue weighted by Crippen LogP contribution is 2.25. The Morgan fingerprint density at radius 2 is 1.94 bits per heavy atom. The summed E-state index contributed by atoms with van der Waals surface area (Å²) in [4.78, 5) is 11.8. The van der Waals surface area contributed by atoms with E-state index in [2.05, 4.69) is 0 Å². The zero-order valence-corrected chi connectivity index (χ0v) is 10.8. The van der Waals surface area contributed by atoms with Gasteiger partial charge in [-0.25, -0.2) is 0 Å². The second-order valence-electron chi connectivity index (χ2n) is 4.47. The highest BCUT2D eigenvalue weighted by atomic mass is 16.5. The zero-order valence-electron chi connectivity index (χ0n) is 10.8. The van der Waals surface area contributed by atoms with Crippen LogP contribution in [0.15, 0.2) is 29.8 Å². The molecule has 0 spiro atoms. The van der Waals surface area contributed by atoms with Crippen molar-refractivity contribution in [1.82, 2.24) is 0 Å². The van der Waals surface area contributed by atoms with Crippen molar-refractivity contribution < 1.29 is 14.3 Å². The second-order valence-corrected chi connectivity index (χ2v) is 4.47. The van der Waals surface area contributed by atoms with Crippen LogP contribution < -0.4 is 4.74 Å². The summed E-state index contributed by atoms with van der Waals surface area (Å²) >= 11 is 0. The molecule has 1 aromatic rings. The monoisotopic (exact) mass is 246 g/mol. The molecule has 1 aliphatic rings. The molecule has 1 aliphatic carbocycles. The largest absolute Gasteiger partial charge is 0.497 e. The highest BCUT2D eigenvalue weighted by molar-refractivity contribution is 6.00. The Bertz CT molecular complexity index is 445. The maximum Gasteiger partial charge on any atom is 0.159 e. The Hall–Kier alpha value is -1.61. The third kappa shape index (κ3) is 2.99. The lowest BCUT2D eigenvalue weighted by Crippen LogP contribution is -2.22. The van der Waals surface area contributed by atoms with E-state index in [1.54, 1.807) is 14.2 Å².